The van der Waals surface area contributed by atoms with E-state index in [9.17, 15) is 9.59 Å². The molecule has 0 spiro atoms. The molecule has 0 unspecified atom stereocenters. The van der Waals surface area contributed by atoms with E-state index in [1.54, 1.807) is 18.3 Å². The molecule has 2 amide bonds. The van der Waals surface area contributed by atoms with Crippen molar-refractivity contribution in [2.24, 2.45) is 4.99 Å². The molecule has 1 atom stereocenters. The third-order valence-corrected chi connectivity index (χ3v) is 6.48. The van der Waals surface area contributed by atoms with Gasteiger partial charge in [-0.05, 0) is 59.2 Å². The molecule has 156 valence electrons. The highest BCUT2D eigenvalue weighted by Crippen LogP contribution is 2.25. The monoisotopic (exact) mass is 493 g/mol. The number of aliphatic imine (C=N–C) groups is 1. The average molecular weight is 494 g/mol. The van der Waals surface area contributed by atoms with E-state index in [0.717, 1.165) is 21.0 Å². The molecule has 1 aliphatic rings. The molecule has 31 heavy (non-hydrogen) atoms. The van der Waals surface area contributed by atoms with Crippen LogP contribution >= 0.6 is 27.7 Å². The van der Waals surface area contributed by atoms with Crippen molar-refractivity contribution in [3.8, 4) is 0 Å². The van der Waals surface area contributed by atoms with Crippen molar-refractivity contribution >= 4 is 66.7 Å². The molecule has 3 aromatic rings. The number of amides is 2. The van der Waals surface area contributed by atoms with Gasteiger partial charge in [-0.25, -0.2) is 4.99 Å². The summed E-state index contributed by atoms with van der Waals surface area (Å²) in [5.41, 5.74) is 2.71. The third-order valence-electron chi connectivity index (χ3n) is 4.86. The van der Waals surface area contributed by atoms with Crippen LogP contribution in [0.4, 0.5) is 5.69 Å². The van der Waals surface area contributed by atoms with Crippen LogP contribution in [0.25, 0.3) is 16.3 Å². The van der Waals surface area contributed by atoms with Crippen LogP contribution in [0.2, 0.25) is 0 Å². The molecule has 5 nitrogen and oxygen atoms in total. The minimum Gasteiger partial charge on any atom is -0.325 e. The molecule has 1 aliphatic heterocycles. The zero-order valence-electron chi connectivity index (χ0n) is 16.8. The molecule has 2 N–H and O–H groups in total. The lowest BCUT2D eigenvalue weighted by molar-refractivity contribution is -0.123. The van der Waals surface area contributed by atoms with Gasteiger partial charge in [-0.3, -0.25) is 9.59 Å². The molecule has 0 bridgehead atoms. The number of nitrogens with one attached hydrogen (secondary N) is 2. The highest BCUT2D eigenvalue weighted by Gasteiger charge is 2.30. The minimum absolute atomic E-state index is 0.111. The maximum Gasteiger partial charge on any atom is 0.238 e. The van der Waals surface area contributed by atoms with E-state index in [2.05, 4.69) is 61.9 Å². The second-order valence-corrected chi connectivity index (χ2v) is 9.27. The Hall–Kier alpha value is -2.90. The van der Waals surface area contributed by atoms with Crippen molar-refractivity contribution in [3.05, 3.63) is 83.0 Å². The van der Waals surface area contributed by atoms with Gasteiger partial charge in [0.15, 0.2) is 5.17 Å². The number of anilines is 1. The number of carbonyl (C=O) groups is 2. The molecule has 3 aromatic carbocycles. The van der Waals surface area contributed by atoms with Crippen LogP contribution in [0.1, 0.15) is 18.9 Å². The summed E-state index contributed by atoms with van der Waals surface area (Å²) in [6.45, 7) is 1.97. The Labute approximate surface area is 193 Å². The van der Waals surface area contributed by atoms with Crippen molar-refractivity contribution in [3.63, 3.8) is 0 Å². The highest BCUT2D eigenvalue weighted by molar-refractivity contribution is 9.10. The Balaban J connectivity index is 1.48. The Bertz CT molecular complexity index is 1200. The number of amidine groups is 1. The van der Waals surface area contributed by atoms with E-state index in [1.165, 1.54) is 17.1 Å². The minimum atomic E-state index is -0.537. The summed E-state index contributed by atoms with van der Waals surface area (Å²) in [6, 6.07) is 21.7. The van der Waals surface area contributed by atoms with Crippen LogP contribution < -0.4 is 10.6 Å². The highest BCUT2D eigenvalue weighted by atomic mass is 79.9. The van der Waals surface area contributed by atoms with Crippen LogP contribution in [0.15, 0.2) is 82.4 Å². The lowest BCUT2D eigenvalue weighted by Gasteiger charge is -2.22. The van der Waals surface area contributed by atoms with Crippen molar-refractivity contribution in [1.82, 2.24) is 5.32 Å². The summed E-state index contributed by atoms with van der Waals surface area (Å²) in [6.07, 6.45) is 1.83. The number of thioether (sulfide) groups is 1. The Morgan fingerprint density at radius 3 is 2.65 bits per heavy atom. The molecular formula is C24H20BrN3O2S. The van der Waals surface area contributed by atoms with E-state index >= 15 is 0 Å². The predicted octanol–water partition coefficient (Wildman–Crippen LogP) is 5.58. The molecule has 0 aromatic heterocycles. The summed E-state index contributed by atoms with van der Waals surface area (Å²) in [5.74, 6) is -0.435. The van der Waals surface area contributed by atoms with Crippen molar-refractivity contribution in [1.29, 1.82) is 0 Å². The molecular weight excluding hydrogens is 474 g/mol. The summed E-state index contributed by atoms with van der Waals surface area (Å²) >= 11 is 4.63. The normalized spacial score (nSPS) is 18.1. The number of fused-ring (bicyclic) bond motifs is 1. The van der Waals surface area contributed by atoms with Gasteiger partial charge in [-0.2, -0.15) is 0 Å². The summed E-state index contributed by atoms with van der Waals surface area (Å²) in [5, 5.41) is 7.83. The first-order valence-electron chi connectivity index (χ1n) is 9.74. The van der Waals surface area contributed by atoms with E-state index in [4.69, 9.17) is 0 Å². The van der Waals surface area contributed by atoms with Gasteiger partial charge in [-0.1, -0.05) is 64.1 Å². The van der Waals surface area contributed by atoms with Crippen LogP contribution in [-0.4, -0.2) is 22.2 Å². The smallest absolute Gasteiger partial charge is 0.238 e. The van der Waals surface area contributed by atoms with E-state index < -0.39 is 5.25 Å². The first-order valence-corrected chi connectivity index (χ1v) is 11.4. The fourth-order valence-corrected chi connectivity index (χ4v) is 4.39. The molecule has 0 saturated carbocycles. The Morgan fingerprint density at radius 2 is 1.87 bits per heavy atom. The molecule has 7 heteroatoms. The molecule has 0 radical (unpaired) electrons. The van der Waals surface area contributed by atoms with Gasteiger partial charge in [0.2, 0.25) is 11.8 Å². The molecule has 1 saturated heterocycles. The molecule has 4 rings (SSSR count). The first-order chi connectivity index (χ1) is 15.0. The number of benzene rings is 3. The van der Waals surface area contributed by atoms with Crippen LogP contribution in [0.5, 0.6) is 0 Å². The first kappa shape index (κ1) is 21.3. The predicted molar refractivity (Wildman–Crippen MR) is 132 cm³/mol. The third kappa shape index (κ3) is 5.42. The topological polar surface area (TPSA) is 70.6 Å². The van der Waals surface area contributed by atoms with Gasteiger partial charge < -0.3 is 10.6 Å². The quantitative estimate of drug-likeness (QED) is 0.498. The number of carbonyl (C=O) groups excluding carboxylic acids is 2. The van der Waals surface area contributed by atoms with Crippen LogP contribution in [-0.2, 0) is 9.59 Å². The second kappa shape index (κ2) is 9.49. The number of rotatable bonds is 4. The van der Waals surface area contributed by atoms with Gasteiger partial charge in [0.25, 0.3) is 0 Å². The lowest BCUT2D eigenvalue weighted by atomic mass is 10.0. The van der Waals surface area contributed by atoms with Gasteiger partial charge in [-0.15, -0.1) is 0 Å². The van der Waals surface area contributed by atoms with E-state index in [1.807, 2.05) is 31.2 Å². The molecule has 1 heterocycles. The zero-order chi connectivity index (χ0) is 21.8. The number of halogens is 1. The van der Waals surface area contributed by atoms with Crippen LogP contribution in [0, 0.1) is 0 Å². The Kier molecular flexibility index (Phi) is 6.53. The van der Waals surface area contributed by atoms with Crippen LogP contribution in [0.3, 0.4) is 0 Å². The number of nitrogens with zero attached hydrogens (tertiary/aromatic N) is 1. The van der Waals surface area contributed by atoms with Crippen molar-refractivity contribution in [2.45, 2.75) is 18.6 Å². The largest absolute Gasteiger partial charge is 0.325 e. The van der Waals surface area contributed by atoms with Crippen molar-refractivity contribution in [2.75, 3.05) is 5.32 Å². The fraction of sp³-hybridized carbons (Fsp3) is 0.125. The Morgan fingerprint density at radius 1 is 1.13 bits per heavy atom. The van der Waals surface area contributed by atoms with E-state index in [-0.39, 0.29) is 18.2 Å². The van der Waals surface area contributed by atoms with E-state index in [0.29, 0.717) is 10.9 Å². The number of hydrogen-bond acceptors (Lipinski definition) is 4. The standard InChI is InChI=1S/C24H20BrN3O2S/c1-15(17-7-6-16-4-2-3-5-18(16)12-17)14-26-24-28-22(29)13-21(31-24)23(30)27-20-10-8-19(25)9-11-20/h2-12,14,21H,13H2,1H3,(H,27,30)(H,26,28,29)/b15-14+/t21-/m0/s1. The van der Waals surface area contributed by atoms with Gasteiger partial charge in [0.05, 0.1) is 0 Å². The summed E-state index contributed by atoms with van der Waals surface area (Å²) in [7, 11) is 0. The SMILES string of the molecule is C/C(=C\N=C1NC(=O)C[C@@H](C(=O)Nc2ccc(Br)cc2)S1)c1ccc2ccccc2c1. The fourth-order valence-electron chi connectivity index (χ4n) is 3.17. The molecule has 0 aliphatic carbocycles. The number of allylic oxidation sites excluding steroid dienone is 1. The van der Waals surface area contributed by atoms with Gasteiger partial charge in [0, 0.05) is 22.8 Å². The maximum atomic E-state index is 12.6. The summed E-state index contributed by atoms with van der Waals surface area (Å²) in [4.78, 5) is 29.2. The maximum absolute atomic E-state index is 12.6. The second-order valence-electron chi connectivity index (χ2n) is 7.16. The average Bonchev–Trinajstić information content (AvgIpc) is 2.78. The lowest BCUT2D eigenvalue weighted by Crippen LogP contribution is -2.41. The number of hydrogen-bond donors (Lipinski definition) is 2. The zero-order valence-corrected chi connectivity index (χ0v) is 19.2. The van der Waals surface area contributed by atoms with Gasteiger partial charge >= 0.3 is 0 Å². The summed E-state index contributed by atoms with van der Waals surface area (Å²) < 4.78 is 0.930. The van der Waals surface area contributed by atoms with Crippen molar-refractivity contribution < 1.29 is 9.59 Å². The molecule has 1 fully saturated rings. The van der Waals surface area contributed by atoms with Gasteiger partial charge in [0.1, 0.15) is 5.25 Å².